The van der Waals surface area contributed by atoms with Crippen LogP contribution in [0.15, 0.2) is 48.8 Å². The Balaban J connectivity index is 1.48. The molecule has 2 aromatic carbocycles. The highest BCUT2D eigenvalue weighted by Crippen LogP contribution is 2.38. The number of ether oxygens (including phenoxy) is 1. The molecule has 0 spiro atoms. The summed E-state index contributed by atoms with van der Waals surface area (Å²) in [4.78, 5) is 39.8. The van der Waals surface area contributed by atoms with Crippen LogP contribution in [0.1, 0.15) is 46.1 Å². The van der Waals surface area contributed by atoms with Gasteiger partial charge in [-0.05, 0) is 57.9 Å². The highest BCUT2D eigenvalue weighted by molar-refractivity contribution is 7.22. The number of fused-ring (bicyclic) bond motifs is 1. The number of benzene rings is 2. The summed E-state index contributed by atoms with van der Waals surface area (Å²) in [5.41, 5.74) is 0.149. The Morgan fingerprint density at radius 1 is 1.10 bits per heavy atom. The molecule has 1 saturated heterocycles. The molecule has 0 aliphatic carbocycles. The minimum Gasteiger partial charge on any atom is -0.437 e. The molecule has 42 heavy (non-hydrogen) atoms. The van der Waals surface area contributed by atoms with Crippen molar-refractivity contribution >= 4 is 44.2 Å². The predicted molar refractivity (Wildman–Crippen MR) is 155 cm³/mol. The number of carbonyl (C=O) groups excluding carboxylic acids is 2. The average Bonchev–Trinajstić information content (AvgIpc) is 3.51. The van der Waals surface area contributed by atoms with Gasteiger partial charge in [0.05, 0.1) is 27.7 Å². The lowest BCUT2D eigenvalue weighted by atomic mass is 10.0. The zero-order valence-electron chi connectivity index (χ0n) is 23.3. The fourth-order valence-electron chi connectivity index (χ4n) is 5.27. The van der Waals surface area contributed by atoms with Crippen molar-refractivity contribution in [3.8, 4) is 22.9 Å². The molecule has 4 aromatic rings. The second-order valence-electron chi connectivity index (χ2n) is 10.4. The Morgan fingerprint density at radius 3 is 2.60 bits per heavy atom. The van der Waals surface area contributed by atoms with Crippen LogP contribution in [-0.2, 0) is 15.8 Å². The monoisotopic (exact) mass is 598 g/mol. The third-order valence-electron chi connectivity index (χ3n) is 7.03. The van der Waals surface area contributed by atoms with Crippen LogP contribution in [0.25, 0.3) is 21.5 Å². The number of amides is 2. The van der Waals surface area contributed by atoms with E-state index < -0.39 is 17.8 Å². The Hall–Kier alpha value is -4.10. The molecule has 0 radical (unpaired) electrons. The molecule has 3 heterocycles. The number of nitrogens with zero attached hydrogens (tertiary/aromatic N) is 4. The van der Waals surface area contributed by atoms with E-state index in [2.05, 4.69) is 30.5 Å². The summed E-state index contributed by atoms with van der Waals surface area (Å²) in [5.74, 6) is -0.135. The first-order valence-corrected chi connectivity index (χ1v) is 14.2. The fourth-order valence-corrected chi connectivity index (χ4v) is 6.20. The second-order valence-corrected chi connectivity index (χ2v) is 11.4. The molecular weight excluding hydrogens is 569 g/mol. The van der Waals surface area contributed by atoms with E-state index >= 15 is 0 Å². The number of anilines is 2. The Labute approximate surface area is 244 Å². The lowest BCUT2D eigenvalue weighted by Gasteiger charge is -2.31. The summed E-state index contributed by atoms with van der Waals surface area (Å²) < 4.78 is 47.8. The van der Waals surface area contributed by atoms with Crippen LogP contribution in [0, 0.1) is 0 Å². The Kier molecular flexibility index (Phi) is 8.15. The molecular formula is C29H29F3N6O3S. The number of para-hydroxylation sites is 1. The van der Waals surface area contributed by atoms with Crippen LogP contribution in [0.4, 0.5) is 24.0 Å². The van der Waals surface area contributed by atoms with E-state index in [1.807, 2.05) is 26.8 Å². The number of likely N-dealkylation sites (tertiary alicyclic amines) is 1. The van der Waals surface area contributed by atoms with Gasteiger partial charge in [-0.3, -0.25) is 14.5 Å². The maximum absolute atomic E-state index is 13.7. The number of nitrogens with one attached hydrogen (secondary N) is 2. The summed E-state index contributed by atoms with van der Waals surface area (Å²) >= 11 is 1.28. The summed E-state index contributed by atoms with van der Waals surface area (Å²) in [7, 11) is 0. The number of carbonyl (C=O) groups is 2. The number of hydrogen-bond acceptors (Lipinski definition) is 8. The zero-order valence-corrected chi connectivity index (χ0v) is 24.1. The van der Waals surface area contributed by atoms with E-state index in [-0.39, 0.29) is 46.7 Å². The van der Waals surface area contributed by atoms with Crippen molar-refractivity contribution in [1.82, 2.24) is 19.9 Å². The lowest BCUT2D eigenvalue weighted by molar-refractivity contribution is -0.137. The first-order chi connectivity index (χ1) is 19.9. The number of hydrogen-bond donors (Lipinski definition) is 2. The van der Waals surface area contributed by atoms with Gasteiger partial charge >= 0.3 is 6.18 Å². The number of thiazole rings is 1. The van der Waals surface area contributed by atoms with Crippen LogP contribution < -0.4 is 15.4 Å². The van der Waals surface area contributed by atoms with Crippen molar-refractivity contribution in [2.24, 2.45) is 0 Å². The molecule has 5 rings (SSSR count). The molecule has 1 aliphatic heterocycles. The summed E-state index contributed by atoms with van der Waals surface area (Å²) in [6, 6.07) is 9.74. The molecule has 2 aromatic heterocycles. The SMILES string of the molecule is CC(=O)Nc1nc2c(Oc3cc(-c4ccc(C(F)(F)F)cc4NC(=O)[C@@H]4CCC(C)N4C(C)C)ncn3)cccc2s1. The fraction of sp³-hybridized carbons (Fsp3) is 0.345. The van der Waals surface area contributed by atoms with Gasteiger partial charge in [-0.25, -0.2) is 15.0 Å². The summed E-state index contributed by atoms with van der Waals surface area (Å²) in [5, 5.41) is 5.82. The number of halogens is 3. The van der Waals surface area contributed by atoms with Gasteiger partial charge in [0.15, 0.2) is 10.9 Å². The van der Waals surface area contributed by atoms with Crippen LogP contribution in [0.3, 0.4) is 0 Å². The van der Waals surface area contributed by atoms with E-state index in [1.165, 1.54) is 36.7 Å². The van der Waals surface area contributed by atoms with Crippen molar-refractivity contribution in [2.45, 2.75) is 64.8 Å². The van der Waals surface area contributed by atoms with Crippen LogP contribution in [0.5, 0.6) is 11.6 Å². The quantitative estimate of drug-likeness (QED) is 0.243. The summed E-state index contributed by atoms with van der Waals surface area (Å²) in [6.45, 7) is 7.41. The topological polar surface area (TPSA) is 109 Å². The first kappa shape index (κ1) is 29.4. The van der Waals surface area contributed by atoms with Gasteiger partial charge in [0.25, 0.3) is 0 Å². The van der Waals surface area contributed by atoms with Crippen molar-refractivity contribution < 1.29 is 27.5 Å². The third-order valence-corrected chi connectivity index (χ3v) is 7.96. The molecule has 2 amide bonds. The Morgan fingerprint density at radius 2 is 1.88 bits per heavy atom. The van der Waals surface area contributed by atoms with Crippen molar-refractivity contribution in [2.75, 3.05) is 10.6 Å². The van der Waals surface area contributed by atoms with E-state index in [9.17, 15) is 22.8 Å². The largest absolute Gasteiger partial charge is 0.437 e. The molecule has 9 nitrogen and oxygen atoms in total. The highest BCUT2D eigenvalue weighted by Gasteiger charge is 2.38. The average molecular weight is 599 g/mol. The van der Waals surface area contributed by atoms with Crippen molar-refractivity contribution in [1.29, 1.82) is 0 Å². The first-order valence-electron chi connectivity index (χ1n) is 13.4. The van der Waals surface area contributed by atoms with Crippen LogP contribution in [-0.4, -0.2) is 49.8 Å². The van der Waals surface area contributed by atoms with Gasteiger partial charge in [0, 0.05) is 30.6 Å². The van der Waals surface area contributed by atoms with E-state index in [4.69, 9.17) is 4.74 Å². The molecule has 2 atom stereocenters. The maximum Gasteiger partial charge on any atom is 0.416 e. The van der Waals surface area contributed by atoms with E-state index in [1.54, 1.807) is 12.1 Å². The van der Waals surface area contributed by atoms with Crippen LogP contribution in [0.2, 0.25) is 0 Å². The molecule has 0 bridgehead atoms. The van der Waals surface area contributed by atoms with Gasteiger partial charge in [0.1, 0.15) is 11.8 Å². The maximum atomic E-state index is 13.7. The third kappa shape index (κ3) is 6.21. The smallest absolute Gasteiger partial charge is 0.416 e. The predicted octanol–water partition coefficient (Wildman–Crippen LogP) is 6.72. The minimum absolute atomic E-state index is 0.00992. The lowest BCUT2D eigenvalue weighted by Crippen LogP contribution is -2.46. The van der Waals surface area contributed by atoms with Gasteiger partial charge in [-0.1, -0.05) is 23.5 Å². The van der Waals surface area contributed by atoms with Gasteiger partial charge < -0.3 is 15.4 Å². The minimum atomic E-state index is -4.61. The van der Waals surface area contributed by atoms with Gasteiger partial charge in [-0.2, -0.15) is 13.2 Å². The summed E-state index contributed by atoms with van der Waals surface area (Å²) in [6.07, 6.45) is -1.95. The molecule has 13 heteroatoms. The number of aromatic nitrogens is 3. The molecule has 1 aliphatic rings. The second kappa shape index (κ2) is 11.6. The van der Waals surface area contributed by atoms with Crippen LogP contribution >= 0.6 is 11.3 Å². The Bertz CT molecular complexity index is 1640. The molecule has 1 unspecified atom stereocenters. The highest BCUT2D eigenvalue weighted by atomic mass is 32.1. The molecule has 0 saturated carbocycles. The number of rotatable bonds is 7. The molecule has 2 N–H and O–H groups in total. The molecule has 220 valence electrons. The van der Waals surface area contributed by atoms with Crippen molar-refractivity contribution in [3.63, 3.8) is 0 Å². The van der Waals surface area contributed by atoms with Crippen molar-refractivity contribution in [3.05, 3.63) is 54.4 Å². The number of alkyl halides is 3. The molecule has 1 fully saturated rings. The zero-order chi connectivity index (χ0) is 30.2. The van der Waals surface area contributed by atoms with E-state index in [0.29, 0.717) is 22.8 Å². The van der Waals surface area contributed by atoms with Gasteiger partial charge in [0.2, 0.25) is 17.7 Å². The standard InChI is InChI=1S/C29H29F3N6O3S/c1-15(2)38-16(3)8-11-22(38)27(40)36-21-12-18(29(30,31)32)9-10-19(21)20-13-25(34-14-33-20)41-23-6-5-7-24-26(23)37-28(42-24)35-17(4)39/h5-7,9-10,12-16,22H,8,11H2,1-4H3,(H,36,40)(H,35,37,39)/t16?,22-/m0/s1. The normalized spacial score (nSPS) is 17.5. The van der Waals surface area contributed by atoms with E-state index in [0.717, 1.165) is 23.3 Å². The van der Waals surface area contributed by atoms with Gasteiger partial charge in [-0.15, -0.1) is 0 Å².